The van der Waals surface area contributed by atoms with Crippen LogP contribution in [0.2, 0.25) is 0 Å². The number of hydrogen-bond acceptors (Lipinski definition) is 9. The number of hydroxylamine groups is 2. The molecule has 12 heteroatoms. The molecule has 2 aliphatic heterocycles. The lowest BCUT2D eigenvalue weighted by Crippen LogP contribution is -2.36. The second kappa shape index (κ2) is 13.7. The molecule has 0 radical (unpaired) electrons. The Bertz CT molecular complexity index is 1340. The van der Waals surface area contributed by atoms with Crippen molar-refractivity contribution < 1.29 is 38.3 Å². The third-order valence-electron chi connectivity index (χ3n) is 6.45. The summed E-state index contributed by atoms with van der Waals surface area (Å²) in [4.78, 5) is 69.8. The molecule has 0 saturated carbocycles. The second-order valence-corrected chi connectivity index (χ2v) is 9.75. The van der Waals surface area contributed by atoms with Gasteiger partial charge < -0.3 is 24.9 Å². The summed E-state index contributed by atoms with van der Waals surface area (Å²) in [5, 5.41) is 6.11. The molecule has 2 aromatic rings. The Kier molecular flexibility index (Phi) is 9.80. The summed E-state index contributed by atoms with van der Waals surface area (Å²) in [6, 6.07) is 14.3. The number of hydrogen-bond donors (Lipinski definition) is 2. The van der Waals surface area contributed by atoms with Gasteiger partial charge in [0.1, 0.15) is 5.75 Å². The lowest BCUT2D eigenvalue weighted by molar-refractivity contribution is -0.200. The molecule has 216 valence electrons. The van der Waals surface area contributed by atoms with Gasteiger partial charge in [-0.05, 0) is 37.6 Å². The summed E-state index contributed by atoms with van der Waals surface area (Å²) in [5.41, 5.74) is 2.42. The van der Waals surface area contributed by atoms with Crippen molar-refractivity contribution in [2.75, 3.05) is 25.1 Å². The van der Waals surface area contributed by atoms with Gasteiger partial charge in [-0.2, -0.15) is 0 Å². The molecule has 2 aromatic carbocycles. The fourth-order valence-corrected chi connectivity index (χ4v) is 4.11. The summed E-state index contributed by atoms with van der Waals surface area (Å²) in [5.74, 6) is -2.47. The zero-order chi connectivity index (χ0) is 29.4. The quantitative estimate of drug-likeness (QED) is 0.373. The maximum absolute atomic E-state index is 12.5. The van der Waals surface area contributed by atoms with Gasteiger partial charge in [-0.15, -0.1) is 5.06 Å². The molecular weight excluding hydrogens is 532 g/mol. The highest BCUT2D eigenvalue weighted by Crippen LogP contribution is 2.30. The van der Waals surface area contributed by atoms with E-state index in [1.54, 1.807) is 38.1 Å². The first-order chi connectivity index (χ1) is 19.7. The fourth-order valence-electron chi connectivity index (χ4n) is 4.11. The van der Waals surface area contributed by atoms with Crippen molar-refractivity contribution in [1.82, 2.24) is 10.4 Å². The molecule has 0 spiro atoms. The van der Waals surface area contributed by atoms with Crippen molar-refractivity contribution in [3.8, 4) is 5.75 Å². The number of ether oxygens (including phenoxy) is 2. The normalized spacial score (nSPS) is 16.2. The minimum absolute atomic E-state index is 0.0351. The molecule has 0 aliphatic carbocycles. The van der Waals surface area contributed by atoms with Crippen LogP contribution in [0.3, 0.4) is 0 Å². The van der Waals surface area contributed by atoms with Crippen LogP contribution in [0.5, 0.6) is 5.75 Å². The van der Waals surface area contributed by atoms with Crippen LogP contribution in [-0.2, 0) is 33.5 Å². The highest BCUT2D eigenvalue weighted by Gasteiger charge is 2.34. The maximum Gasteiger partial charge on any atom is 0.336 e. The predicted octanol–water partition coefficient (Wildman–Crippen LogP) is 2.68. The monoisotopic (exact) mass is 564 g/mol. The largest absolute Gasteiger partial charge is 0.483 e. The molecule has 2 N–H and O–H groups in total. The van der Waals surface area contributed by atoms with Crippen molar-refractivity contribution in [3.63, 3.8) is 0 Å². The Hall–Kier alpha value is -4.58. The Labute approximate surface area is 237 Å². The molecule has 1 fully saturated rings. The van der Waals surface area contributed by atoms with Gasteiger partial charge in [0.05, 0.1) is 35.5 Å². The number of amides is 4. The molecule has 4 amide bonds. The van der Waals surface area contributed by atoms with E-state index >= 15 is 0 Å². The molecule has 12 nitrogen and oxygen atoms in total. The maximum atomic E-state index is 12.5. The molecule has 2 heterocycles. The Balaban J connectivity index is 1.21. The molecule has 2 unspecified atom stereocenters. The van der Waals surface area contributed by atoms with Crippen LogP contribution in [0.15, 0.2) is 53.5 Å². The van der Waals surface area contributed by atoms with Crippen LogP contribution >= 0.6 is 0 Å². The summed E-state index contributed by atoms with van der Waals surface area (Å²) < 4.78 is 11.5. The molecule has 0 bridgehead atoms. The van der Waals surface area contributed by atoms with Gasteiger partial charge >= 0.3 is 5.97 Å². The van der Waals surface area contributed by atoms with Gasteiger partial charge in [0.15, 0.2) is 6.61 Å². The van der Waals surface area contributed by atoms with E-state index in [9.17, 15) is 24.0 Å². The van der Waals surface area contributed by atoms with Crippen molar-refractivity contribution in [1.29, 1.82) is 0 Å². The number of anilines is 1. The number of carbonyl (C=O) groups excluding carboxylic acids is 5. The van der Waals surface area contributed by atoms with Crippen LogP contribution < -0.4 is 15.4 Å². The molecule has 0 aromatic heterocycles. The van der Waals surface area contributed by atoms with Gasteiger partial charge in [0.2, 0.25) is 5.91 Å². The van der Waals surface area contributed by atoms with Crippen molar-refractivity contribution in [2.24, 2.45) is 10.9 Å². The zero-order valence-corrected chi connectivity index (χ0v) is 22.9. The predicted molar refractivity (Wildman–Crippen MR) is 147 cm³/mol. The van der Waals surface area contributed by atoms with Gasteiger partial charge in [0, 0.05) is 31.6 Å². The number of para-hydroxylation sites is 3. The van der Waals surface area contributed by atoms with Crippen molar-refractivity contribution in [2.45, 2.75) is 45.6 Å². The lowest BCUT2D eigenvalue weighted by atomic mass is 10.1. The van der Waals surface area contributed by atoms with Crippen LogP contribution in [0.25, 0.3) is 0 Å². The van der Waals surface area contributed by atoms with E-state index in [0.29, 0.717) is 39.9 Å². The first-order valence-electron chi connectivity index (χ1n) is 13.4. The highest BCUT2D eigenvalue weighted by atomic mass is 16.7. The van der Waals surface area contributed by atoms with Gasteiger partial charge in [-0.1, -0.05) is 31.2 Å². The summed E-state index contributed by atoms with van der Waals surface area (Å²) in [7, 11) is 0. The smallest absolute Gasteiger partial charge is 0.336 e. The number of aliphatic imine (C=N–C) groups is 1. The van der Waals surface area contributed by atoms with E-state index in [1.165, 1.54) is 0 Å². The number of nitrogens with one attached hydrogen (secondary N) is 2. The Morgan fingerprint density at radius 3 is 2.51 bits per heavy atom. The number of imide groups is 1. The SMILES string of the molecule is CC(CNC(=O)COc1ccccc1C1=Nc2ccccc2NC(=O)C1)OCCC(C)C(=O)ON1C(=O)CCC1=O. The van der Waals surface area contributed by atoms with Crippen LogP contribution in [0.1, 0.15) is 45.1 Å². The van der Waals surface area contributed by atoms with Crippen LogP contribution in [0.4, 0.5) is 11.4 Å². The second-order valence-electron chi connectivity index (χ2n) is 9.75. The molecule has 41 heavy (non-hydrogen) atoms. The first kappa shape index (κ1) is 29.4. The lowest BCUT2D eigenvalue weighted by Gasteiger charge is -2.18. The average Bonchev–Trinajstić information content (AvgIpc) is 3.16. The highest BCUT2D eigenvalue weighted by molar-refractivity contribution is 6.17. The number of carbonyl (C=O) groups is 5. The standard InChI is InChI=1S/C29H32N4O8/c1-18(29(38)41-33-27(36)11-12-28(33)37)13-14-39-19(2)16-30-26(35)17-40-24-10-6-3-7-20(24)23-15-25(34)32-22-9-5-4-8-21(22)31-23/h3-10,18-19H,11-17H2,1-2H3,(H,30,35)(H,32,34). The molecule has 2 atom stereocenters. The average molecular weight is 565 g/mol. The van der Waals surface area contributed by atoms with E-state index in [-0.39, 0.29) is 56.9 Å². The number of benzene rings is 2. The minimum Gasteiger partial charge on any atom is -0.483 e. The summed E-state index contributed by atoms with van der Waals surface area (Å²) >= 11 is 0. The topological polar surface area (TPSA) is 153 Å². The molecule has 2 aliphatic rings. The van der Waals surface area contributed by atoms with Gasteiger partial charge in [-0.3, -0.25) is 19.2 Å². The summed E-state index contributed by atoms with van der Waals surface area (Å²) in [6.45, 7) is 3.55. The van der Waals surface area contributed by atoms with Crippen LogP contribution in [-0.4, -0.2) is 66.2 Å². The van der Waals surface area contributed by atoms with Gasteiger partial charge in [-0.25, -0.2) is 9.79 Å². The van der Waals surface area contributed by atoms with E-state index in [0.717, 1.165) is 0 Å². The van der Waals surface area contributed by atoms with Crippen molar-refractivity contribution in [3.05, 3.63) is 54.1 Å². The third-order valence-corrected chi connectivity index (χ3v) is 6.45. The van der Waals surface area contributed by atoms with E-state index in [1.807, 2.05) is 24.3 Å². The minimum atomic E-state index is -0.685. The molecule has 4 rings (SSSR count). The zero-order valence-electron chi connectivity index (χ0n) is 22.9. The third kappa shape index (κ3) is 7.98. The van der Waals surface area contributed by atoms with E-state index in [2.05, 4.69) is 15.6 Å². The fraction of sp³-hybridized carbons (Fsp3) is 0.379. The Morgan fingerprint density at radius 1 is 1.02 bits per heavy atom. The van der Waals surface area contributed by atoms with Gasteiger partial charge in [0.25, 0.3) is 17.7 Å². The summed E-state index contributed by atoms with van der Waals surface area (Å²) in [6.07, 6.45) is 0.0802. The molecule has 1 saturated heterocycles. The van der Waals surface area contributed by atoms with E-state index < -0.39 is 23.7 Å². The molecular formula is C29H32N4O8. The Morgan fingerprint density at radius 2 is 1.73 bits per heavy atom. The van der Waals surface area contributed by atoms with Crippen LogP contribution in [0, 0.1) is 5.92 Å². The number of rotatable bonds is 12. The van der Waals surface area contributed by atoms with Crippen molar-refractivity contribution >= 4 is 46.7 Å². The number of nitrogens with zero attached hydrogens (tertiary/aromatic N) is 2. The van der Waals surface area contributed by atoms with E-state index in [4.69, 9.17) is 14.3 Å². The number of fused-ring (bicyclic) bond motifs is 1. The first-order valence-corrected chi connectivity index (χ1v) is 13.4.